The van der Waals surface area contributed by atoms with E-state index in [2.05, 4.69) is 27.3 Å². The molecule has 1 aliphatic carbocycles. The molecule has 0 amide bonds. The van der Waals surface area contributed by atoms with Crippen molar-refractivity contribution in [2.24, 2.45) is 0 Å². The number of nitrogens with one attached hydrogen (secondary N) is 1. The Bertz CT molecular complexity index is 691. The number of para-hydroxylation sites is 1. The molecule has 1 saturated carbocycles. The predicted molar refractivity (Wildman–Crippen MR) is 101 cm³/mol. The highest BCUT2D eigenvalue weighted by molar-refractivity contribution is 5.33. The zero-order chi connectivity index (χ0) is 17.6. The number of aromatic nitrogens is 1. The minimum Gasteiger partial charge on any atom is -0.487 e. The van der Waals surface area contributed by atoms with Crippen molar-refractivity contribution in [1.82, 2.24) is 15.2 Å². The van der Waals surface area contributed by atoms with Gasteiger partial charge in [0.05, 0.1) is 18.4 Å². The van der Waals surface area contributed by atoms with Crippen LogP contribution in [0.1, 0.15) is 24.1 Å². The van der Waals surface area contributed by atoms with Crippen molar-refractivity contribution >= 4 is 0 Å². The van der Waals surface area contributed by atoms with Crippen molar-refractivity contribution in [2.45, 2.75) is 38.1 Å². The van der Waals surface area contributed by atoms with E-state index in [1.165, 1.54) is 18.4 Å². The van der Waals surface area contributed by atoms with E-state index in [0.29, 0.717) is 6.61 Å². The van der Waals surface area contributed by atoms with E-state index < -0.39 is 0 Å². The van der Waals surface area contributed by atoms with Crippen LogP contribution in [-0.4, -0.2) is 48.3 Å². The fraction of sp³-hybridized carbons (Fsp3) is 0.476. The summed E-state index contributed by atoms with van der Waals surface area (Å²) in [7, 11) is 0. The molecule has 1 saturated heterocycles. The van der Waals surface area contributed by atoms with Crippen molar-refractivity contribution in [3.05, 3.63) is 59.9 Å². The van der Waals surface area contributed by atoms with Gasteiger partial charge in [-0.1, -0.05) is 24.3 Å². The number of hydrogen-bond acceptors (Lipinski definition) is 5. The van der Waals surface area contributed by atoms with E-state index in [9.17, 15) is 0 Å². The Hall–Kier alpha value is -1.95. The highest BCUT2D eigenvalue weighted by atomic mass is 16.5. The van der Waals surface area contributed by atoms with E-state index in [1.807, 2.05) is 30.3 Å². The van der Waals surface area contributed by atoms with Gasteiger partial charge in [-0.15, -0.1) is 0 Å². The van der Waals surface area contributed by atoms with Crippen molar-refractivity contribution in [3.8, 4) is 5.75 Å². The molecule has 4 rings (SSSR count). The van der Waals surface area contributed by atoms with Gasteiger partial charge in [0.25, 0.3) is 0 Å². The van der Waals surface area contributed by atoms with Gasteiger partial charge in [0.2, 0.25) is 0 Å². The van der Waals surface area contributed by atoms with E-state index >= 15 is 0 Å². The summed E-state index contributed by atoms with van der Waals surface area (Å²) in [5, 5.41) is 3.54. The fourth-order valence-corrected chi connectivity index (χ4v) is 3.43. The number of ether oxygens (including phenoxy) is 2. The molecule has 0 spiro atoms. The van der Waals surface area contributed by atoms with Gasteiger partial charge in [-0.05, 0) is 31.0 Å². The van der Waals surface area contributed by atoms with Gasteiger partial charge >= 0.3 is 0 Å². The third kappa shape index (κ3) is 4.81. The molecule has 2 heterocycles. The van der Waals surface area contributed by atoms with Gasteiger partial charge in [-0.25, -0.2) is 0 Å². The number of nitrogens with zero attached hydrogens (tertiary/aromatic N) is 2. The highest BCUT2D eigenvalue weighted by Crippen LogP contribution is 2.28. The fourth-order valence-electron chi connectivity index (χ4n) is 3.43. The first-order chi connectivity index (χ1) is 12.9. The number of benzene rings is 1. The topological polar surface area (TPSA) is 46.6 Å². The largest absolute Gasteiger partial charge is 0.487 e. The Balaban J connectivity index is 1.26. The predicted octanol–water partition coefficient (Wildman–Crippen LogP) is 2.61. The Kier molecular flexibility index (Phi) is 5.79. The zero-order valence-electron chi connectivity index (χ0n) is 15.1. The lowest BCUT2D eigenvalue weighted by Crippen LogP contribution is -2.47. The molecular weight excluding hydrogens is 326 g/mol. The van der Waals surface area contributed by atoms with Gasteiger partial charge < -0.3 is 14.8 Å². The first-order valence-electron chi connectivity index (χ1n) is 9.55. The van der Waals surface area contributed by atoms with E-state index in [1.54, 1.807) is 6.20 Å². The smallest absolute Gasteiger partial charge is 0.130 e. The van der Waals surface area contributed by atoms with E-state index in [-0.39, 0.29) is 6.10 Å². The van der Waals surface area contributed by atoms with Gasteiger partial charge in [0, 0.05) is 44.0 Å². The molecule has 1 aliphatic heterocycles. The van der Waals surface area contributed by atoms with Crippen LogP contribution in [0.25, 0.3) is 0 Å². The molecule has 2 fully saturated rings. The molecule has 138 valence electrons. The second-order valence-corrected chi connectivity index (χ2v) is 7.07. The normalized spacial score (nSPS) is 20.8. The van der Waals surface area contributed by atoms with Crippen LogP contribution >= 0.6 is 0 Å². The van der Waals surface area contributed by atoms with Crippen LogP contribution < -0.4 is 10.1 Å². The van der Waals surface area contributed by atoms with Crippen molar-refractivity contribution in [2.75, 3.05) is 26.2 Å². The SMILES string of the molecule is c1ccc(COc2ccccc2CNC[C@H]2CN(C3CC3)CCO2)nc1. The molecule has 0 bridgehead atoms. The summed E-state index contributed by atoms with van der Waals surface area (Å²) in [6, 6.07) is 14.9. The molecule has 5 heteroatoms. The maximum absolute atomic E-state index is 5.98. The third-order valence-electron chi connectivity index (χ3n) is 5.00. The Morgan fingerprint density at radius 2 is 2.04 bits per heavy atom. The molecule has 2 aliphatic rings. The van der Waals surface area contributed by atoms with Crippen LogP contribution in [-0.2, 0) is 17.9 Å². The maximum Gasteiger partial charge on any atom is 0.130 e. The van der Waals surface area contributed by atoms with E-state index in [4.69, 9.17) is 9.47 Å². The Morgan fingerprint density at radius 1 is 1.15 bits per heavy atom. The lowest BCUT2D eigenvalue weighted by atomic mass is 10.2. The van der Waals surface area contributed by atoms with E-state index in [0.717, 1.165) is 50.3 Å². The third-order valence-corrected chi connectivity index (χ3v) is 5.00. The molecule has 5 nitrogen and oxygen atoms in total. The van der Waals surface area contributed by atoms with Crippen LogP contribution in [0.5, 0.6) is 5.75 Å². The molecule has 2 aromatic rings. The number of morpholine rings is 1. The second-order valence-electron chi connectivity index (χ2n) is 7.07. The Labute approximate surface area is 155 Å². The van der Waals surface area contributed by atoms with Gasteiger partial charge in [0.1, 0.15) is 12.4 Å². The second kappa shape index (κ2) is 8.62. The quantitative estimate of drug-likeness (QED) is 0.790. The molecule has 1 atom stereocenters. The maximum atomic E-state index is 5.98. The lowest BCUT2D eigenvalue weighted by Gasteiger charge is -2.33. The number of hydrogen-bond donors (Lipinski definition) is 1. The molecule has 1 N–H and O–H groups in total. The summed E-state index contributed by atoms with van der Waals surface area (Å²) >= 11 is 0. The van der Waals surface area contributed by atoms with Gasteiger partial charge in [-0.2, -0.15) is 0 Å². The number of rotatable bonds is 8. The van der Waals surface area contributed by atoms with Crippen LogP contribution in [0.2, 0.25) is 0 Å². The monoisotopic (exact) mass is 353 g/mol. The summed E-state index contributed by atoms with van der Waals surface area (Å²) < 4.78 is 11.9. The average Bonchev–Trinajstić information content (AvgIpc) is 3.54. The molecule has 1 aromatic heterocycles. The minimum atomic E-state index is 0.283. The first kappa shape index (κ1) is 17.5. The van der Waals surface area contributed by atoms with Crippen molar-refractivity contribution in [1.29, 1.82) is 0 Å². The molecular formula is C21H27N3O2. The minimum absolute atomic E-state index is 0.283. The van der Waals surface area contributed by atoms with Crippen molar-refractivity contribution < 1.29 is 9.47 Å². The summed E-state index contributed by atoms with van der Waals surface area (Å²) in [6.07, 6.45) is 4.80. The molecule has 26 heavy (non-hydrogen) atoms. The molecule has 0 radical (unpaired) electrons. The molecule has 1 aromatic carbocycles. The van der Waals surface area contributed by atoms with Crippen LogP contribution in [0.15, 0.2) is 48.7 Å². The number of pyridine rings is 1. The summed E-state index contributed by atoms with van der Waals surface area (Å²) in [4.78, 5) is 6.89. The standard InChI is InChI=1S/C21H27N3O2/c1-2-7-21(26-16-18-6-3-4-10-23-18)17(5-1)13-22-14-20-15-24(11-12-25-20)19-8-9-19/h1-7,10,19-20,22H,8-9,11-16H2/t20-/m0/s1. The van der Waals surface area contributed by atoms with Crippen LogP contribution in [0, 0.1) is 0 Å². The summed E-state index contributed by atoms with van der Waals surface area (Å²) in [5.74, 6) is 0.912. The molecule has 0 unspecified atom stereocenters. The summed E-state index contributed by atoms with van der Waals surface area (Å²) in [5.41, 5.74) is 2.10. The lowest BCUT2D eigenvalue weighted by molar-refractivity contribution is -0.0301. The van der Waals surface area contributed by atoms with Gasteiger partial charge in [-0.3, -0.25) is 9.88 Å². The Morgan fingerprint density at radius 3 is 2.88 bits per heavy atom. The average molecular weight is 353 g/mol. The van der Waals surface area contributed by atoms with Crippen LogP contribution in [0.4, 0.5) is 0 Å². The zero-order valence-corrected chi connectivity index (χ0v) is 15.1. The van der Waals surface area contributed by atoms with Crippen molar-refractivity contribution in [3.63, 3.8) is 0 Å². The highest BCUT2D eigenvalue weighted by Gasteiger charge is 2.32. The first-order valence-corrected chi connectivity index (χ1v) is 9.55. The van der Waals surface area contributed by atoms with Gasteiger partial charge in [0.15, 0.2) is 0 Å². The summed E-state index contributed by atoms with van der Waals surface area (Å²) in [6.45, 7) is 5.13. The van der Waals surface area contributed by atoms with Crippen LogP contribution in [0.3, 0.4) is 0 Å².